The summed E-state index contributed by atoms with van der Waals surface area (Å²) in [4.78, 5) is 0. The Labute approximate surface area is 122 Å². The van der Waals surface area contributed by atoms with Crippen LogP contribution in [0.25, 0.3) is 0 Å². The zero-order valence-corrected chi connectivity index (χ0v) is 12.6. The van der Waals surface area contributed by atoms with Crippen molar-refractivity contribution in [2.75, 3.05) is 0 Å². The molecule has 1 unspecified atom stereocenters. The van der Waals surface area contributed by atoms with Gasteiger partial charge in [-0.25, -0.2) is 0 Å². The number of hydrogen-bond donors (Lipinski definition) is 2. The molecule has 108 valence electrons. The van der Waals surface area contributed by atoms with E-state index in [9.17, 15) is 13.2 Å². The molecule has 1 aliphatic carbocycles. The van der Waals surface area contributed by atoms with Crippen molar-refractivity contribution in [3.8, 4) is 0 Å². The lowest BCUT2D eigenvalue weighted by Crippen LogP contribution is -2.37. The molecule has 1 aromatic heterocycles. The highest BCUT2D eigenvalue weighted by Crippen LogP contribution is 2.44. The third-order valence-corrected chi connectivity index (χ3v) is 5.61. The second-order valence-corrected chi connectivity index (χ2v) is 6.57. The highest BCUT2D eigenvalue weighted by Gasteiger charge is 2.42. The largest absolute Gasteiger partial charge is 0.391 e. The van der Waals surface area contributed by atoms with E-state index in [4.69, 9.17) is 5.84 Å². The van der Waals surface area contributed by atoms with Gasteiger partial charge in [-0.15, -0.1) is 0 Å². The summed E-state index contributed by atoms with van der Waals surface area (Å²) in [6, 6.07) is -0.0743. The van der Waals surface area contributed by atoms with Gasteiger partial charge in [-0.05, 0) is 58.5 Å². The molecule has 2 nitrogen and oxygen atoms in total. The predicted molar refractivity (Wildman–Crippen MR) is 73.6 cm³/mol. The fraction of sp³-hybridized carbons (Fsp3) is 0.667. The molecule has 1 saturated carbocycles. The molecule has 0 amide bonds. The lowest BCUT2D eigenvalue weighted by atomic mass is 9.77. The molecular formula is C12H16BrF3N2S. The summed E-state index contributed by atoms with van der Waals surface area (Å²) in [5, 5.41) is 3.95. The van der Waals surface area contributed by atoms with Gasteiger partial charge in [-0.2, -0.15) is 24.5 Å². The lowest BCUT2D eigenvalue weighted by molar-refractivity contribution is -0.184. The maximum absolute atomic E-state index is 12.6. The molecule has 19 heavy (non-hydrogen) atoms. The number of thiophene rings is 1. The van der Waals surface area contributed by atoms with Crippen molar-refractivity contribution >= 4 is 27.3 Å². The van der Waals surface area contributed by atoms with E-state index in [1.807, 2.05) is 10.8 Å². The van der Waals surface area contributed by atoms with Crippen molar-refractivity contribution in [3.63, 3.8) is 0 Å². The first-order chi connectivity index (χ1) is 8.93. The second kappa shape index (κ2) is 6.11. The number of rotatable bonds is 3. The van der Waals surface area contributed by atoms with Gasteiger partial charge in [-0.3, -0.25) is 11.3 Å². The molecular weight excluding hydrogens is 341 g/mol. The molecule has 0 aliphatic heterocycles. The topological polar surface area (TPSA) is 38.0 Å². The van der Waals surface area contributed by atoms with E-state index in [2.05, 4.69) is 21.4 Å². The first kappa shape index (κ1) is 15.3. The molecule has 1 atom stereocenters. The number of halogens is 4. The van der Waals surface area contributed by atoms with E-state index < -0.39 is 12.1 Å². The van der Waals surface area contributed by atoms with Crippen LogP contribution in [0.15, 0.2) is 15.2 Å². The van der Waals surface area contributed by atoms with Crippen LogP contribution >= 0.6 is 27.3 Å². The van der Waals surface area contributed by atoms with Gasteiger partial charge >= 0.3 is 6.18 Å². The average Bonchev–Trinajstić information content (AvgIpc) is 2.76. The van der Waals surface area contributed by atoms with Gasteiger partial charge < -0.3 is 0 Å². The Morgan fingerprint density at radius 3 is 2.32 bits per heavy atom. The van der Waals surface area contributed by atoms with Crippen molar-refractivity contribution in [3.05, 3.63) is 20.8 Å². The molecule has 7 heteroatoms. The number of hydrazine groups is 1. The van der Waals surface area contributed by atoms with Gasteiger partial charge in [0.2, 0.25) is 0 Å². The SMILES string of the molecule is NNC(c1cscc1Br)C1CCC(C(F)(F)F)CC1. The van der Waals surface area contributed by atoms with Crippen molar-refractivity contribution < 1.29 is 13.2 Å². The fourth-order valence-corrected chi connectivity index (χ4v) is 4.35. The zero-order chi connectivity index (χ0) is 14.0. The van der Waals surface area contributed by atoms with Crippen LogP contribution in [-0.4, -0.2) is 6.18 Å². The maximum atomic E-state index is 12.6. The Balaban J connectivity index is 2.02. The zero-order valence-electron chi connectivity index (χ0n) is 10.2. The molecule has 1 aliphatic rings. The van der Waals surface area contributed by atoms with Crippen LogP contribution in [-0.2, 0) is 0 Å². The summed E-state index contributed by atoms with van der Waals surface area (Å²) in [6.07, 6.45) is -2.54. The molecule has 1 aromatic rings. The second-order valence-electron chi connectivity index (χ2n) is 4.97. The monoisotopic (exact) mass is 356 g/mol. The van der Waals surface area contributed by atoms with Gasteiger partial charge in [0.25, 0.3) is 0 Å². The van der Waals surface area contributed by atoms with E-state index in [-0.39, 0.29) is 24.8 Å². The van der Waals surface area contributed by atoms with Crippen molar-refractivity contribution in [1.29, 1.82) is 0 Å². The van der Waals surface area contributed by atoms with Crippen LogP contribution in [0.1, 0.15) is 37.3 Å². The summed E-state index contributed by atoms with van der Waals surface area (Å²) in [5.41, 5.74) is 3.81. The Morgan fingerprint density at radius 2 is 1.89 bits per heavy atom. The summed E-state index contributed by atoms with van der Waals surface area (Å²) in [5.74, 6) is 4.61. The minimum absolute atomic E-state index is 0.0743. The van der Waals surface area contributed by atoms with Crippen LogP contribution in [0.3, 0.4) is 0 Å². The third kappa shape index (κ3) is 3.51. The van der Waals surface area contributed by atoms with Gasteiger partial charge in [0, 0.05) is 9.85 Å². The number of nitrogens with one attached hydrogen (secondary N) is 1. The smallest absolute Gasteiger partial charge is 0.271 e. The van der Waals surface area contributed by atoms with Gasteiger partial charge in [0.15, 0.2) is 0 Å². The van der Waals surface area contributed by atoms with Crippen LogP contribution in [0.4, 0.5) is 13.2 Å². The van der Waals surface area contributed by atoms with Crippen LogP contribution < -0.4 is 11.3 Å². The van der Waals surface area contributed by atoms with Gasteiger partial charge in [-0.1, -0.05) is 0 Å². The average molecular weight is 357 g/mol. The minimum Gasteiger partial charge on any atom is -0.271 e. The molecule has 0 aromatic carbocycles. The summed E-state index contributed by atoms with van der Waals surface area (Å²) in [6.45, 7) is 0. The third-order valence-electron chi connectivity index (χ3n) is 3.86. The standard InChI is InChI=1S/C12H16BrF3N2S/c13-10-6-19-5-9(10)11(18-17)7-1-3-8(4-2-7)12(14,15)16/h5-8,11,18H,1-4,17H2. The number of nitrogens with two attached hydrogens (primary N) is 1. The lowest BCUT2D eigenvalue weighted by Gasteiger charge is -2.34. The normalized spacial score (nSPS) is 26.4. The minimum atomic E-state index is -4.06. The van der Waals surface area contributed by atoms with Gasteiger partial charge in [0.05, 0.1) is 12.0 Å². The Bertz CT molecular complexity index is 413. The Hall–Kier alpha value is -0.110. The molecule has 3 N–H and O–H groups in total. The summed E-state index contributed by atoms with van der Waals surface area (Å²) >= 11 is 5.01. The fourth-order valence-electron chi connectivity index (χ4n) is 2.77. The van der Waals surface area contributed by atoms with E-state index in [0.717, 1.165) is 10.0 Å². The van der Waals surface area contributed by atoms with E-state index >= 15 is 0 Å². The first-order valence-corrected chi connectivity index (χ1v) is 7.91. The summed E-state index contributed by atoms with van der Waals surface area (Å²) < 4.78 is 38.9. The Morgan fingerprint density at radius 1 is 1.26 bits per heavy atom. The first-order valence-electron chi connectivity index (χ1n) is 6.18. The van der Waals surface area contributed by atoms with Crippen molar-refractivity contribution in [2.45, 2.75) is 37.9 Å². The van der Waals surface area contributed by atoms with Gasteiger partial charge in [0.1, 0.15) is 0 Å². The number of alkyl halides is 3. The Kier molecular flexibility index (Phi) is 4.92. The van der Waals surface area contributed by atoms with Crippen LogP contribution in [0.5, 0.6) is 0 Å². The molecule has 0 bridgehead atoms. The highest BCUT2D eigenvalue weighted by atomic mass is 79.9. The van der Waals surface area contributed by atoms with Crippen molar-refractivity contribution in [2.24, 2.45) is 17.7 Å². The molecule has 1 heterocycles. The highest BCUT2D eigenvalue weighted by molar-refractivity contribution is 9.10. The van der Waals surface area contributed by atoms with E-state index in [1.165, 1.54) is 0 Å². The quantitative estimate of drug-likeness (QED) is 0.622. The predicted octanol–water partition coefficient (Wildman–Crippen LogP) is 4.38. The van der Waals surface area contributed by atoms with Crippen molar-refractivity contribution in [1.82, 2.24) is 5.43 Å². The number of hydrogen-bond acceptors (Lipinski definition) is 3. The van der Waals surface area contributed by atoms with E-state index in [0.29, 0.717) is 12.8 Å². The van der Waals surface area contributed by atoms with E-state index in [1.54, 1.807) is 11.3 Å². The maximum Gasteiger partial charge on any atom is 0.391 e. The molecule has 0 radical (unpaired) electrons. The molecule has 2 rings (SSSR count). The summed E-state index contributed by atoms with van der Waals surface area (Å²) in [7, 11) is 0. The molecule has 0 spiro atoms. The van der Waals surface area contributed by atoms with Crippen LogP contribution in [0.2, 0.25) is 0 Å². The molecule has 1 fully saturated rings. The molecule has 0 saturated heterocycles. The van der Waals surface area contributed by atoms with Crippen LogP contribution in [0, 0.1) is 11.8 Å².